The normalized spacial score (nSPS) is 15.6. The molecule has 2 aromatic rings. The number of nitrogen functional groups attached to an aromatic ring is 1. The van der Waals surface area contributed by atoms with Crippen molar-refractivity contribution in [3.8, 4) is 11.6 Å². The van der Waals surface area contributed by atoms with Gasteiger partial charge in [0.05, 0.1) is 0 Å². The third-order valence-electron chi connectivity index (χ3n) is 3.15. The lowest BCUT2D eigenvalue weighted by Gasteiger charge is -1.99. The zero-order chi connectivity index (χ0) is 11.7. The van der Waals surface area contributed by atoms with E-state index in [-0.39, 0.29) is 12.4 Å². The molecule has 3 rings (SSSR count). The van der Waals surface area contributed by atoms with Gasteiger partial charge in [-0.1, -0.05) is 24.1 Å². The zero-order valence-electron chi connectivity index (χ0n) is 9.87. The largest absolute Gasteiger partial charge is 0.384 e. The Hall–Kier alpha value is -1.62. The van der Waals surface area contributed by atoms with Gasteiger partial charge in [0.2, 0.25) is 0 Å². The fourth-order valence-corrected chi connectivity index (χ4v) is 2.26. The Morgan fingerprint density at radius 3 is 2.67 bits per heavy atom. The third kappa shape index (κ3) is 2.46. The van der Waals surface area contributed by atoms with Gasteiger partial charge in [-0.3, -0.25) is 0 Å². The predicted molar refractivity (Wildman–Crippen MR) is 70.4 cm³/mol. The Balaban J connectivity index is 0.00000120. The summed E-state index contributed by atoms with van der Waals surface area (Å²) in [5.74, 6) is 2.18. The molecule has 2 aromatic heterocycles. The second kappa shape index (κ2) is 5.35. The average molecular weight is 267 g/mol. The Morgan fingerprint density at radius 2 is 1.94 bits per heavy atom. The van der Waals surface area contributed by atoms with Gasteiger partial charge in [-0.05, 0) is 25.0 Å². The van der Waals surface area contributed by atoms with Gasteiger partial charge in [0.25, 0.3) is 5.89 Å². The van der Waals surface area contributed by atoms with E-state index in [1.807, 2.05) is 12.1 Å². The lowest BCUT2D eigenvalue weighted by atomic mass is 10.1. The van der Waals surface area contributed by atoms with Crippen molar-refractivity contribution in [2.24, 2.45) is 0 Å². The minimum atomic E-state index is 0. The summed E-state index contributed by atoms with van der Waals surface area (Å²) in [5.41, 5.74) is 6.26. The molecule has 1 saturated carbocycles. The van der Waals surface area contributed by atoms with Crippen LogP contribution in [-0.2, 0) is 0 Å². The number of nitrogens with zero attached hydrogens (tertiary/aromatic N) is 3. The van der Waals surface area contributed by atoms with E-state index in [1.165, 1.54) is 12.8 Å². The fourth-order valence-electron chi connectivity index (χ4n) is 2.26. The molecule has 0 unspecified atom stereocenters. The maximum Gasteiger partial charge on any atom is 0.276 e. The van der Waals surface area contributed by atoms with E-state index in [0.717, 1.165) is 18.7 Å². The lowest BCUT2D eigenvalue weighted by molar-refractivity contribution is 0.414. The second-order valence-electron chi connectivity index (χ2n) is 4.39. The van der Waals surface area contributed by atoms with Gasteiger partial charge >= 0.3 is 0 Å². The highest BCUT2D eigenvalue weighted by Gasteiger charge is 2.22. The molecule has 0 aliphatic heterocycles. The Morgan fingerprint density at radius 1 is 1.17 bits per heavy atom. The Bertz CT molecular complexity index is 522. The molecule has 0 aromatic carbocycles. The van der Waals surface area contributed by atoms with Crippen LogP contribution in [0.15, 0.2) is 22.7 Å². The van der Waals surface area contributed by atoms with E-state index in [1.54, 1.807) is 6.07 Å². The van der Waals surface area contributed by atoms with Crippen LogP contribution in [-0.4, -0.2) is 15.1 Å². The quantitative estimate of drug-likeness (QED) is 0.904. The van der Waals surface area contributed by atoms with Gasteiger partial charge in [0, 0.05) is 5.92 Å². The van der Waals surface area contributed by atoms with Crippen molar-refractivity contribution < 1.29 is 4.52 Å². The van der Waals surface area contributed by atoms with Crippen molar-refractivity contribution >= 4 is 18.2 Å². The summed E-state index contributed by atoms with van der Waals surface area (Å²) < 4.78 is 5.24. The molecule has 0 atom stereocenters. The minimum absolute atomic E-state index is 0. The first-order chi connectivity index (χ1) is 8.33. The smallest absolute Gasteiger partial charge is 0.276 e. The molecule has 2 heterocycles. The molecular formula is C12H15ClN4O. The molecule has 1 fully saturated rings. The fraction of sp³-hybridized carbons (Fsp3) is 0.417. The summed E-state index contributed by atoms with van der Waals surface area (Å²) in [5, 5.41) is 4.04. The number of anilines is 1. The van der Waals surface area contributed by atoms with Crippen LogP contribution in [0.3, 0.4) is 0 Å². The van der Waals surface area contributed by atoms with E-state index in [4.69, 9.17) is 10.3 Å². The first kappa shape index (κ1) is 12.8. The molecule has 0 bridgehead atoms. The second-order valence-corrected chi connectivity index (χ2v) is 4.39. The highest BCUT2D eigenvalue weighted by molar-refractivity contribution is 5.85. The maximum atomic E-state index is 5.62. The molecular weight excluding hydrogens is 252 g/mol. The summed E-state index contributed by atoms with van der Waals surface area (Å²) in [4.78, 5) is 8.57. The third-order valence-corrected chi connectivity index (χ3v) is 3.15. The van der Waals surface area contributed by atoms with Crippen LogP contribution in [0.1, 0.15) is 37.4 Å². The maximum absolute atomic E-state index is 5.62. The first-order valence-electron chi connectivity index (χ1n) is 5.89. The summed E-state index contributed by atoms with van der Waals surface area (Å²) >= 11 is 0. The van der Waals surface area contributed by atoms with E-state index >= 15 is 0 Å². The molecule has 0 radical (unpaired) electrons. The summed E-state index contributed by atoms with van der Waals surface area (Å²) in [6.07, 6.45) is 4.82. The highest BCUT2D eigenvalue weighted by Crippen LogP contribution is 2.33. The molecule has 18 heavy (non-hydrogen) atoms. The van der Waals surface area contributed by atoms with Crippen molar-refractivity contribution in [3.63, 3.8) is 0 Å². The highest BCUT2D eigenvalue weighted by atomic mass is 35.5. The zero-order valence-corrected chi connectivity index (χ0v) is 10.7. The van der Waals surface area contributed by atoms with E-state index in [0.29, 0.717) is 23.3 Å². The van der Waals surface area contributed by atoms with Crippen molar-refractivity contribution in [2.45, 2.75) is 31.6 Å². The SMILES string of the molecule is Cl.Nc1cccc(-c2nc(C3CCCC3)no2)n1. The van der Waals surface area contributed by atoms with Crippen molar-refractivity contribution in [1.29, 1.82) is 0 Å². The van der Waals surface area contributed by atoms with Crippen LogP contribution < -0.4 is 5.73 Å². The van der Waals surface area contributed by atoms with E-state index in [9.17, 15) is 0 Å². The number of hydrogen-bond donors (Lipinski definition) is 1. The Kier molecular flexibility index (Phi) is 3.81. The number of nitrogens with two attached hydrogens (primary N) is 1. The summed E-state index contributed by atoms with van der Waals surface area (Å²) in [6, 6.07) is 5.39. The molecule has 2 N–H and O–H groups in total. The molecule has 96 valence electrons. The van der Waals surface area contributed by atoms with Crippen LogP contribution in [0.5, 0.6) is 0 Å². The number of aromatic nitrogens is 3. The molecule has 0 amide bonds. The number of halogens is 1. The molecule has 0 spiro atoms. The summed E-state index contributed by atoms with van der Waals surface area (Å²) in [6.45, 7) is 0. The molecule has 5 nitrogen and oxygen atoms in total. The standard InChI is InChI=1S/C12H14N4O.ClH/c13-10-7-3-6-9(14-10)12-15-11(16-17-12)8-4-1-2-5-8;/h3,6-8H,1-2,4-5H2,(H2,13,14);1H. The van der Waals surface area contributed by atoms with Gasteiger partial charge in [-0.2, -0.15) is 4.98 Å². The molecule has 6 heteroatoms. The van der Waals surface area contributed by atoms with E-state index in [2.05, 4.69) is 15.1 Å². The van der Waals surface area contributed by atoms with Crippen LogP contribution in [0.4, 0.5) is 5.82 Å². The van der Waals surface area contributed by atoms with Gasteiger partial charge in [-0.15, -0.1) is 12.4 Å². The predicted octanol–water partition coefficient (Wildman–Crippen LogP) is 2.79. The average Bonchev–Trinajstić information content (AvgIpc) is 3.00. The van der Waals surface area contributed by atoms with Crippen LogP contribution >= 0.6 is 12.4 Å². The minimum Gasteiger partial charge on any atom is -0.384 e. The molecule has 1 aliphatic carbocycles. The van der Waals surface area contributed by atoms with Gasteiger partial charge in [0.1, 0.15) is 11.5 Å². The van der Waals surface area contributed by atoms with E-state index < -0.39 is 0 Å². The van der Waals surface area contributed by atoms with Crippen molar-refractivity contribution in [2.75, 3.05) is 5.73 Å². The van der Waals surface area contributed by atoms with Crippen LogP contribution in [0.25, 0.3) is 11.6 Å². The molecule has 0 saturated heterocycles. The van der Waals surface area contributed by atoms with Crippen molar-refractivity contribution in [3.05, 3.63) is 24.0 Å². The van der Waals surface area contributed by atoms with Crippen LogP contribution in [0.2, 0.25) is 0 Å². The van der Waals surface area contributed by atoms with Gasteiger partial charge < -0.3 is 10.3 Å². The first-order valence-corrected chi connectivity index (χ1v) is 5.89. The monoisotopic (exact) mass is 266 g/mol. The van der Waals surface area contributed by atoms with Gasteiger partial charge in [0.15, 0.2) is 5.82 Å². The summed E-state index contributed by atoms with van der Waals surface area (Å²) in [7, 11) is 0. The number of hydrogen-bond acceptors (Lipinski definition) is 5. The lowest BCUT2D eigenvalue weighted by Crippen LogP contribution is -1.95. The van der Waals surface area contributed by atoms with Crippen molar-refractivity contribution in [1.82, 2.24) is 15.1 Å². The Labute approximate surface area is 111 Å². The topological polar surface area (TPSA) is 77.8 Å². The molecule has 1 aliphatic rings. The van der Waals surface area contributed by atoms with Crippen LogP contribution in [0, 0.1) is 0 Å². The number of rotatable bonds is 2. The number of pyridine rings is 1. The van der Waals surface area contributed by atoms with Gasteiger partial charge in [-0.25, -0.2) is 4.98 Å².